The largest absolute Gasteiger partial charge is 0.484 e. The van der Waals surface area contributed by atoms with Gasteiger partial charge in [0.05, 0.1) is 11.7 Å². The molecule has 13 heteroatoms. The fraction of sp³-hybridized carbons (Fsp3) is 0.346. The Morgan fingerprint density at radius 1 is 1.13 bits per heavy atom. The number of carbonyl (C=O) groups excluding carboxylic acids is 1. The first-order valence-corrected chi connectivity index (χ1v) is 11.8. The normalized spacial score (nSPS) is 19.7. The molecule has 3 N–H and O–H groups in total. The zero-order valence-corrected chi connectivity index (χ0v) is 20.6. The van der Waals surface area contributed by atoms with Crippen molar-refractivity contribution in [1.29, 1.82) is 0 Å². The van der Waals surface area contributed by atoms with Gasteiger partial charge in [0.25, 0.3) is 0 Å². The molecule has 208 valence electrons. The fourth-order valence-electron chi connectivity index (χ4n) is 4.44. The summed E-state index contributed by atoms with van der Waals surface area (Å²) in [5, 5.41) is 10.2. The van der Waals surface area contributed by atoms with Crippen LogP contribution < -0.4 is 15.4 Å². The molecule has 4 rings (SSSR count). The molecule has 3 aromatic rings. The molecule has 1 aliphatic rings. The molecule has 0 unspecified atom stereocenters. The molecule has 1 aliphatic heterocycles. The molecule has 3 atom stereocenters. The average molecular weight is 554 g/mol. The van der Waals surface area contributed by atoms with E-state index in [1.165, 1.54) is 12.4 Å². The molecule has 1 aromatic carbocycles. The summed E-state index contributed by atoms with van der Waals surface area (Å²) in [5.74, 6) is -5.48. The van der Waals surface area contributed by atoms with Gasteiger partial charge in [-0.25, -0.2) is 18.2 Å². The Bertz CT molecular complexity index is 1330. The van der Waals surface area contributed by atoms with Gasteiger partial charge in [0.1, 0.15) is 34.6 Å². The lowest BCUT2D eigenvalue weighted by Gasteiger charge is -2.40. The van der Waals surface area contributed by atoms with E-state index in [9.17, 15) is 36.2 Å². The maximum atomic E-state index is 14.7. The Morgan fingerprint density at radius 3 is 2.46 bits per heavy atom. The van der Waals surface area contributed by atoms with Crippen LogP contribution in [0.1, 0.15) is 23.0 Å². The molecule has 7 nitrogen and oxygen atoms in total. The van der Waals surface area contributed by atoms with Crippen molar-refractivity contribution in [3.8, 4) is 17.0 Å². The number of aliphatic hydroxyl groups is 1. The second-order valence-corrected chi connectivity index (χ2v) is 9.33. The number of ketones is 1. The van der Waals surface area contributed by atoms with Crippen molar-refractivity contribution in [2.24, 2.45) is 11.7 Å². The monoisotopic (exact) mass is 554 g/mol. The van der Waals surface area contributed by atoms with Crippen LogP contribution >= 0.6 is 0 Å². The molecular weight excluding hydrogens is 530 g/mol. The van der Waals surface area contributed by atoms with Gasteiger partial charge in [0.2, 0.25) is 0 Å². The Morgan fingerprint density at radius 2 is 1.82 bits per heavy atom. The minimum absolute atomic E-state index is 0.137. The number of rotatable bonds is 7. The Labute approximate surface area is 219 Å². The number of piperidine rings is 1. The number of aromatic nitrogens is 2. The van der Waals surface area contributed by atoms with E-state index in [0.29, 0.717) is 36.5 Å². The summed E-state index contributed by atoms with van der Waals surface area (Å²) in [7, 11) is 0. The average Bonchev–Trinajstić information content (AvgIpc) is 2.86. The molecule has 0 saturated carbocycles. The van der Waals surface area contributed by atoms with Crippen LogP contribution in [0.3, 0.4) is 0 Å². The zero-order valence-electron chi connectivity index (χ0n) is 20.6. The maximum absolute atomic E-state index is 14.7. The van der Waals surface area contributed by atoms with Gasteiger partial charge in [-0.05, 0) is 18.2 Å². The van der Waals surface area contributed by atoms with Crippen LogP contribution in [0.4, 0.5) is 32.0 Å². The Kier molecular flexibility index (Phi) is 8.12. The first-order valence-electron chi connectivity index (χ1n) is 11.8. The molecule has 1 fully saturated rings. The smallest absolute Gasteiger partial charge is 0.422 e. The Balaban J connectivity index is 1.60. The number of benzene rings is 1. The van der Waals surface area contributed by atoms with E-state index in [1.807, 2.05) is 11.8 Å². The lowest BCUT2D eigenvalue weighted by Crippen LogP contribution is -2.55. The van der Waals surface area contributed by atoms with Crippen LogP contribution in [0, 0.1) is 23.4 Å². The number of hydrogen-bond donors (Lipinski definition) is 2. The number of aliphatic hydroxyl groups excluding tert-OH is 1. The van der Waals surface area contributed by atoms with E-state index >= 15 is 0 Å². The number of Topliss-reactive ketones (excluding diaryl/α,β-unsaturated/α-hetero) is 1. The molecule has 0 spiro atoms. The molecule has 0 radical (unpaired) electrons. The number of anilines is 1. The van der Waals surface area contributed by atoms with Gasteiger partial charge >= 0.3 is 6.18 Å². The predicted octanol–water partition coefficient (Wildman–Crippen LogP) is 4.07. The number of ether oxygens (including phenoxy) is 1. The number of carbonyl (C=O) groups is 1. The highest BCUT2D eigenvalue weighted by Gasteiger charge is 2.32. The summed E-state index contributed by atoms with van der Waals surface area (Å²) in [4.78, 5) is 22.9. The van der Waals surface area contributed by atoms with Crippen LogP contribution in [0.5, 0.6) is 5.75 Å². The van der Waals surface area contributed by atoms with Crippen LogP contribution in [-0.4, -0.2) is 58.9 Å². The molecule has 3 heterocycles. The molecule has 0 amide bonds. The first kappa shape index (κ1) is 28.3. The third-order valence-electron chi connectivity index (χ3n) is 6.32. The van der Waals surface area contributed by atoms with Gasteiger partial charge in [-0.15, -0.1) is 0 Å². The number of alkyl halides is 3. The van der Waals surface area contributed by atoms with E-state index in [0.717, 1.165) is 12.1 Å². The predicted molar refractivity (Wildman–Crippen MR) is 129 cm³/mol. The highest BCUT2D eigenvalue weighted by atomic mass is 19.4. The number of nitrogens with zero attached hydrogens (tertiary/aromatic N) is 3. The molecule has 1 saturated heterocycles. The summed E-state index contributed by atoms with van der Waals surface area (Å²) in [6.45, 7) is 0.873. The van der Waals surface area contributed by atoms with Crippen molar-refractivity contribution in [1.82, 2.24) is 9.97 Å². The van der Waals surface area contributed by atoms with Gasteiger partial charge in [-0.2, -0.15) is 13.2 Å². The second kappa shape index (κ2) is 11.2. The molecule has 39 heavy (non-hydrogen) atoms. The quantitative estimate of drug-likeness (QED) is 0.336. The van der Waals surface area contributed by atoms with Crippen molar-refractivity contribution in [3.63, 3.8) is 0 Å². The van der Waals surface area contributed by atoms with Crippen molar-refractivity contribution in [2.75, 3.05) is 24.6 Å². The van der Waals surface area contributed by atoms with Crippen molar-refractivity contribution >= 4 is 11.5 Å². The lowest BCUT2D eigenvalue weighted by atomic mass is 9.92. The standard InChI is InChI=1S/C26H24F6N4O3/c1-13-10-36(11-19(33)25(13)38)21-4-5-34-9-14(21)6-22(37)20-3-2-16(27)24(35-20)23-17(28)7-15(8-18(23)29)39-12-26(30,31)32/h2-5,7-9,13,19,25,38H,6,10-12,33H2,1H3/t13-,19+,25+/m0/s1. The second-order valence-electron chi connectivity index (χ2n) is 9.33. The van der Waals surface area contributed by atoms with Gasteiger partial charge in [0, 0.05) is 67.2 Å². The highest BCUT2D eigenvalue weighted by molar-refractivity contribution is 5.97. The number of nitrogens with two attached hydrogens (primary N) is 1. The van der Waals surface area contributed by atoms with Crippen molar-refractivity contribution in [3.05, 3.63) is 71.4 Å². The highest BCUT2D eigenvalue weighted by Crippen LogP contribution is 2.32. The maximum Gasteiger partial charge on any atom is 0.422 e. The van der Waals surface area contributed by atoms with E-state index in [2.05, 4.69) is 14.7 Å². The topological polar surface area (TPSA) is 102 Å². The fourth-order valence-corrected chi connectivity index (χ4v) is 4.44. The van der Waals surface area contributed by atoms with Crippen LogP contribution in [0.2, 0.25) is 0 Å². The van der Waals surface area contributed by atoms with Crippen molar-refractivity contribution in [2.45, 2.75) is 31.7 Å². The van der Waals surface area contributed by atoms with E-state index < -0.39 is 65.2 Å². The molecule has 0 bridgehead atoms. The third-order valence-corrected chi connectivity index (χ3v) is 6.32. The summed E-state index contributed by atoms with van der Waals surface area (Å²) in [6.07, 6.45) is -2.65. The SMILES string of the molecule is C[C@H]1CN(c2ccncc2CC(=O)c2ccc(F)c(-c3c(F)cc(OCC(F)(F)F)cc3F)n2)C[C@@H](N)[C@@H]1O. The van der Waals surface area contributed by atoms with Crippen molar-refractivity contribution < 1.29 is 41.0 Å². The summed E-state index contributed by atoms with van der Waals surface area (Å²) in [6, 6.07) is 4.01. The zero-order chi connectivity index (χ0) is 28.5. The molecule has 2 aromatic heterocycles. The number of hydrogen-bond acceptors (Lipinski definition) is 7. The van der Waals surface area contributed by atoms with Crippen LogP contribution in [0.25, 0.3) is 11.3 Å². The minimum Gasteiger partial charge on any atom is -0.484 e. The third kappa shape index (κ3) is 6.48. The van der Waals surface area contributed by atoms with E-state index in [1.54, 1.807) is 6.07 Å². The first-order chi connectivity index (χ1) is 18.3. The van der Waals surface area contributed by atoms with Crippen LogP contribution in [-0.2, 0) is 6.42 Å². The van der Waals surface area contributed by atoms with Crippen LogP contribution in [0.15, 0.2) is 42.7 Å². The summed E-state index contributed by atoms with van der Waals surface area (Å²) in [5.41, 5.74) is 5.13. The molecule has 0 aliphatic carbocycles. The molecular formula is C26H24F6N4O3. The van der Waals surface area contributed by atoms with E-state index in [4.69, 9.17) is 5.73 Å². The summed E-state index contributed by atoms with van der Waals surface area (Å²) < 4.78 is 85.4. The number of halogens is 6. The lowest BCUT2D eigenvalue weighted by molar-refractivity contribution is -0.153. The van der Waals surface area contributed by atoms with Gasteiger partial charge in [-0.3, -0.25) is 9.78 Å². The number of pyridine rings is 2. The minimum atomic E-state index is -4.73. The van der Waals surface area contributed by atoms with Gasteiger partial charge in [0.15, 0.2) is 12.4 Å². The van der Waals surface area contributed by atoms with Gasteiger partial charge in [-0.1, -0.05) is 6.92 Å². The van der Waals surface area contributed by atoms with E-state index in [-0.39, 0.29) is 18.0 Å². The Hall–Kier alpha value is -3.71. The summed E-state index contributed by atoms with van der Waals surface area (Å²) >= 11 is 0. The van der Waals surface area contributed by atoms with Gasteiger partial charge < -0.3 is 20.5 Å².